The first-order chi connectivity index (χ1) is 10.9. The summed E-state index contributed by atoms with van der Waals surface area (Å²) in [6, 6.07) is 5.13. The quantitative estimate of drug-likeness (QED) is 0.832. The Kier molecular flexibility index (Phi) is 5.63. The summed E-state index contributed by atoms with van der Waals surface area (Å²) < 4.78 is 10.2. The molecule has 2 aromatic rings. The minimum atomic E-state index is -0.694. The molecule has 1 aromatic heterocycles. The van der Waals surface area contributed by atoms with Crippen molar-refractivity contribution >= 4 is 46.0 Å². The summed E-state index contributed by atoms with van der Waals surface area (Å²) >= 11 is 12.3. The average molecular weight is 357 g/mol. The van der Waals surface area contributed by atoms with E-state index in [1.807, 2.05) is 13.0 Å². The van der Waals surface area contributed by atoms with Crippen molar-refractivity contribution in [2.75, 3.05) is 20.3 Å². The minimum absolute atomic E-state index is 0.236. The Morgan fingerprint density at radius 3 is 2.65 bits per heavy atom. The molecule has 0 aliphatic rings. The molecule has 0 saturated carbocycles. The Morgan fingerprint density at radius 1 is 1.22 bits per heavy atom. The maximum absolute atomic E-state index is 11.6. The molecule has 1 amide bonds. The van der Waals surface area contributed by atoms with Crippen LogP contribution in [0.2, 0.25) is 10.0 Å². The van der Waals surface area contributed by atoms with E-state index in [0.29, 0.717) is 15.9 Å². The van der Waals surface area contributed by atoms with E-state index >= 15 is 0 Å². The number of fused-ring (bicyclic) bond motifs is 1. The molecule has 2 rings (SSSR count). The molecule has 0 unspecified atom stereocenters. The van der Waals surface area contributed by atoms with Crippen LogP contribution in [-0.2, 0) is 14.3 Å². The fourth-order valence-electron chi connectivity index (χ4n) is 1.82. The summed E-state index contributed by atoms with van der Waals surface area (Å²) in [5.74, 6) is -0.863. The van der Waals surface area contributed by atoms with Crippen molar-refractivity contribution in [1.82, 2.24) is 10.3 Å². The molecule has 23 heavy (non-hydrogen) atoms. The zero-order valence-corrected chi connectivity index (χ0v) is 14.0. The summed E-state index contributed by atoms with van der Waals surface area (Å²) in [5, 5.41) is 3.67. The number of ether oxygens (including phenoxy) is 2. The topological polar surface area (TPSA) is 77.5 Å². The fourth-order valence-corrected chi connectivity index (χ4v) is 2.39. The van der Waals surface area contributed by atoms with E-state index in [9.17, 15) is 9.59 Å². The number of halogens is 2. The van der Waals surface area contributed by atoms with E-state index in [1.165, 1.54) is 13.1 Å². The molecule has 0 fully saturated rings. The van der Waals surface area contributed by atoms with Gasteiger partial charge < -0.3 is 14.8 Å². The average Bonchev–Trinajstić information content (AvgIpc) is 2.51. The summed E-state index contributed by atoms with van der Waals surface area (Å²) in [5.41, 5.74) is 1.21. The number of aromatic nitrogens is 1. The number of likely N-dealkylation sites (N-methyl/N-ethyl adjacent to an activating group) is 1. The predicted octanol–water partition coefficient (Wildman–Crippen LogP) is 2.52. The van der Waals surface area contributed by atoms with Gasteiger partial charge in [-0.3, -0.25) is 4.79 Å². The number of rotatable bonds is 5. The van der Waals surface area contributed by atoms with Crippen molar-refractivity contribution in [2.45, 2.75) is 6.92 Å². The van der Waals surface area contributed by atoms with Gasteiger partial charge in [-0.15, -0.1) is 0 Å². The van der Waals surface area contributed by atoms with Gasteiger partial charge in [-0.1, -0.05) is 23.2 Å². The van der Waals surface area contributed by atoms with Crippen molar-refractivity contribution in [1.29, 1.82) is 0 Å². The van der Waals surface area contributed by atoms with Crippen molar-refractivity contribution in [3.05, 3.63) is 33.9 Å². The lowest BCUT2D eigenvalue weighted by Gasteiger charge is -2.12. The molecule has 8 heteroatoms. The third-order valence-corrected chi connectivity index (χ3v) is 3.55. The monoisotopic (exact) mass is 356 g/mol. The molecule has 0 bridgehead atoms. The Morgan fingerprint density at radius 2 is 1.96 bits per heavy atom. The van der Waals surface area contributed by atoms with Crippen LogP contribution in [-0.4, -0.2) is 37.1 Å². The second-order valence-electron chi connectivity index (χ2n) is 4.64. The van der Waals surface area contributed by atoms with Crippen LogP contribution < -0.4 is 10.1 Å². The SMILES string of the molecule is CNC(=O)COC(=O)COc1c(Cl)cc(Cl)c2ccc(C)nc12. The largest absolute Gasteiger partial charge is 0.478 e. The summed E-state index contributed by atoms with van der Waals surface area (Å²) in [7, 11) is 1.44. The van der Waals surface area contributed by atoms with Gasteiger partial charge in [-0.25, -0.2) is 9.78 Å². The van der Waals surface area contributed by atoms with Crippen LogP contribution in [0.4, 0.5) is 0 Å². The van der Waals surface area contributed by atoms with E-state index < -0.39 is 18.5 Å². The highest BCUT2D eigenvalue weighted by Gasteiger charge is 2.15. The number of nitrogens with zero attached hydrogens (tertiary/aromatic N) is 1. The number of hydrogen-bond donors (Lipinski definition) is 1. The van der Waals surface area contributed by atoms with Crippen LogP contribution in [0, 0.1) is 6.92 Å². The summed E-state index contributed by atoms with van der Waals surface area (Å²) in [6.45, 7) is 1.05. The smallest absolute Gasteiger partial charge is 0.344 e. The highest BCUT2D eigenvalue weighted by Crippen LogP contribution is 2.37. The van der Waals surface area contributed by atoms with Gasteiger partial charge >= 0.3 is 5.97 Å². The molecule has 0 atom stereocenters. The van der Waals surface area contributed by atoms with Gasteiger partial charge in [0, 0.05) is 18.1 Å². The Labute approximate surface area is 142 Å². The lowest BCUT2D eigenvalue weighted by Crippen LogP contribution is -2.26. The zero-order valence-electron chi connectivity index (χ0n) is 12.5. The van der Waals surface area contributed by atoms with Crippen LogP contribution in [0.1, 0.15) is 5.69 Å². The molecule has 122 valence electrons. The van der Waals surface area contributed by atoms with E-state index in [4.69, 9.17) is 32.7 Å². The molecular weight excluding hydrogens is 343 g/mol. The molecule has 6 nitrogen and oxygen atoms in total. The van der Waals surface area contributed by atoms with Gasteiger partial charge in [0.1, 0.15) is 5.52 Å². The van der Waals surface area contributed by atoms with Gasteiger partial charge in [0.2, 0.25) is 0 Å². The van der Waals surface area contributed by atoms with E-state index in [0.717, 1.165) is 5.69 Å². The number of esters is 1. The van der Waals surface area contributed by atoms with Crippen LogP contribution in [0.5, 0.6) is 5.75 Å². The van der Waals surface area contributed by atoms with Crippen LogP contribution in [0.3, 0.4) is 0 Å². The molecule has 0 saturated heterocycles. The zero-order chi connectivity index (χ0) is 17.0. The Hall–Kier alpha value is -2.05. The highest BCUT2D eigenvalue weighted by atomic mass is 35.5. The number of nitrogens with one attached hydrogen (secondary N) is 1. The van der Waals surface area contributed by atoms with E-state index in [2.05, 4.69) is 10.3 Å². The van der Waals surface area contributed by atoms with E-state index in [1.54, 1.807) is 6.07 Å². The van der Waals surface area contributed by atoms with Gasteiger partial charge in [0.15, 0.2) is 19.0 Å². The number of aryl methyl sites for hydroxylation is 1. The third-order valence-electron chi connectivity index (χ3n) is 2.95. The number of carbonyl (C=O) groups is 2. The fraction of sp³-hybridized carbons (Fsp3) is 0.267. The van der Waals surface area contributed by atoms with Crippen molar-refractivity contribution in [2.24, 2.45) is 0 Å². The third kappa shape index (κ3) is 4.24. The predicted molar refractivity (Wildman–Crippen MR) is 87.0 cm³/mol. The molecule has 1 N–H and O–H groups in total. The maximum atomic E-state index is 11.6. The lowest BCUT2D eigenvalue weighted by atomic mass is 10.2. The number of amides is 1. The number of hydrogen-bond acceptors (Lipinski definition) is 5. The second-order valence-corrected chi connectivity index (χ2v) is 5.46. The molecule has 0 aliphatic heterocycles. The van der Waals surface area contributed by atoms with Crippen molar-refractivity contribution in [3.63, 3.8) is 0 Å². The minimum Gasteiger partial charge on any atom is -0.478 e. The van der Waals surface area contributed by atoms with Gasteiger partial charge in [-0.05, 0) is 25.1 Å². The first kappa shape index (κ1) is 17.3. The Bertz CT molecular complexity index is 765. The summed E-state index contributed by atoms with van der Waals surface area (Å²) in [6.07, 6.45) is 0. The molecular formula is C15H14Cl2N2O4. The number of carbonyl (C=O) groups excluding carboxylic acids is 2. The normalized spacial score (nSPS) is 10.4. The maximum Gasteiger partial charge on any atom is 0.344 e. The lowest BCUT2D eigenvalue weighted by molar-refractivity contribution is -0.150. The molecule has 1 aromatic carbocycles. The van der Waals surface area contributed by atoms with Crippen LogP contribution >= 0.6 is 23.2 Å². The molecule has 0 spiro atoms. The molecule has 0 radical (unpaired) electrons. The number of pyridine rings is 1. The highest BCUT2D eigenvalue weighted by molar-refractivity contribution is 6.39. The van der Waals surface area contributed by atoms with Gasteiger partial charge in [-0.2, -0.15) is 0 Å². The van der Waals surface area contributed by atoms with Crippen LogP contribution in [0.15, 0.2) is 18.2 Å². The molecule has 1 heterocycles. The first-order valence-corrected chi connectivity index (χ1v) is 7.42. The summed E-state index contributed by atoms with van der Waals surface area (Å²) in [4.78, 5) is 27.0. The van der Waals surface area contributed by atoms with Crippen molar-refractivity contribution in [3.8, 4) is 5.75 Å². The Balaban J connectivity index is 2.18. The van der Waals surface area contributed by atoms with Crippen molar-refractivity contribution < 1.29 is 19.1 Å². The standard InChI is InChI=1S/C15H14Cl2N2O4/c1-8-3-4-9-10(16)5-11(17)15(14(9)19-8)23-7-13(21)22-6-12(20)18-2/h3-5H,6-7H2,1-2H3,(H,18,20). The second kappa shape index (κ2) is 7.48. The molecule has 0 aliphatic carbocycles. The van der Waals surface area contributed by atoms with Gasteiger partial charge in [0.25, 0.3) is 5.91 Å². The van der Waals surface area contributed by atoms with E-state index in [-0.39, 0.29) is 17.4 Å². The number of benzene rings is 1. The van der Waals surface area contributed by atoms with Gasteiger partial charge in [0.05, 0.1) is 10.0 Å². The van der Waals surface area contributed by atoms with Crippen LogP contribution in [0.25, 0.3) is 10.9 Å². The first-order valence-electron chi connectivity index (χ1n) is 6.66.